The lowest BCUT2D eigenvalue weighted by Crippen LogP contribution is -2.32. The van der Waals surface area contributed by atoms with Crippen LogP contribution in [0, 0.1) is 0 Å². The second kappa shape index (κ2) is 9.32. The summed E-state index contributed by atoms with van der Waals surface area (Å²) < 4.78 is 18.6. The fourth-order valence-electron chi connectivity index (χ4n) is 4.47. The smallest absolute Gasteiger partial charge is 0.229 e. The minimum absolute atomic E-state index is 0.207. The van der Waals surface area contributed by atoms with Crippen molar-refractivity contribution in [2.45, 2.75) is 32.9 Å². The maximum atomic E-state index is 5.53. The number of hydrogen-bond acceptors (Lipinski definition) is 8. The van der Waals surface area contributed by atoms with Crippen LogP contribution in [-0.2, 0) is 13.0 Å². The zero-order valence-corrected chi connectivity index (χ0v) is 20.7. The van der Waals surface area contributed by atoms with Gasteiger partial charge in [-0.3, -0.25) is 0 Å². The molecule has 0 aliphatic carbocycles. The molecule has 3 heterocycles. The Morgan fingerprint density at radius 1 is 0.943 bits per heavy atom. The van der Waals surface area contributed by atoms with Gasteiger partial charge in [0.2, 0.25) is 11.7 Å². The molecule has 1 N–H and O–H groups in total. The van der Waals surface area contributed by atoms with Gasteiger partial charge in [0, 0.05) is 37.0 Å². The van der Waals surface area contributed by atoms with E-state index in [9.17, 15) is 0 Å². The zero-order valence-electron chi connectivity index (χ0n) is 20.7. The molecule has 0 fully saturated rings. The lowest BCUT2D eigenvalue weighted by atomic mass is 10.0. The number of ether oxygens (including phenoxy) is 3. The minimum atomic E-state index is 0.207. The van der Waals surface area contributed by atoms with E-state index in [1.165, 1.54) is 11.1 Å². The van der Waals surface area contributed by atoms with Crippen molar-refractivity contribution in [3.05, 3.63) is 53.9 Å². The first-order chi connectivity index (χ1) is 17.0. The van der Waals surface area contributed by atoms with Gasteiger partial charge in [-0.2, -0.15) is 9.97 Å². The molecule has 0 saturated carbocycles. The van der Waals surface area contributed by atoms with E-state index in [4.69, 9.17) is 24.2 Å². The summed E-state index contributed by atoms with van der Waals surface area (Å²) >= 11 is 0. The average molecular weight is 475 g/mol. The molecule has 0 atom stereocenters. The lowest BCUT2D eigenvalue weighted by Gasteiger charge is -2.29. The Morgan fingerprint density at radius 2 is 1.66 bits per heavy atom. The summed E-state index contributed by atoms with van der Waals surface area (Å²) in [5.74, 6) is 2.94. The highest BCUT2D eigenvalue weighted by Crippen LogP contribution is 2.41. The van der Waals surface area contributed by atoms with Crippen LogP contribution in [0.1, 0.15) is 31.0 Å². The van der Waals surface area contributed by atoms with Crippen LogP contribution < -0.4 is 24.4 Å². The van der Waals surface area contributed by atoms with Crippen molar-refractivity contribution in [1.29, 1.82) is 0 Å². The summed E-state index contributed by atoms with van der Waals surface area (Å²) in [5.41, 5.74) is 4.92. The van der Waals surface area contributed by atoms with Crippen LogP contribution in [0.2, 0.25) is 0 Å². The van der Waals surface area contributed by atoms with Crippen LogP contribution in [-0.4, -0.2) is 47.4 Å². The molecular weight excluding hydrogens is 444 g/mol. The average Bonchev–Trinajstić information content (AvgIpc) is 3.32. The molecule has 0 spiro atoms. The minimum Gasteiger partial charge on any atom is -0.493 e. The molecule has 0 bridgehead atoms. The highest BCUT2D eigenvalue weighted by molar-refractivity contribution is 5.87. The maximum Gasteiger partial charge on any atom is 0.229 e. The molecule has 5 rings (SSSR count). The summed E-state index contributed by atoms with van der Waals surface area (Å²) in [5, 5.41) is 3.43. The first-order valence-corrected chi connectivity index (χ1v) is 11.7. The van der Waals surface area contributed by atoms with E-state index in [0.717, 1.165) is 30.8 Å². The topological polar surface area (TPSA) is 86.6 Å². The number of nitrogens with zero attached hydrogens (tertiary/aromatic N) is 5. The Labute approximate surface area is 204 Å². The van der Waals surface area contributed by atoms with E-state index in [0.29, 0.717) is 34.5 Å². The second-order valence-corrected chi connectivity index (χ2v) is 8.77. The van der Waals surface area contributed by atoms with Gasteiger partial charge in [0.05, 0.1) is 27.7 Å². The van der Waals surface area contributed by atoms with Crippen molar-refractivity contribution in [2.75, 3.05) is 38.1 Å². The van der Waals surface area contributed by atoms with Gasteiger partial charge in [0.1, 0.15) is 0 Å². The second-order valence-electron chi connectivity index (χ2n) is 8.77. The molecule has 182 valence electrons. The van der Waals surface area contributed by atoms with Crippen LogP contribution in [0.3, 0.4) is 0 Å². The molecule has 35 heavy (non-hydrogen) atoms. The summed E-state index contributed by atoms with van der Waals surface area (Å²) in [6, 6.07) is 12.5. The molecule has 0 unspecified atom stereocenters. The van der Waals surface area contributed by atoms with Crippen molar-refractivity contribution in [1.82, 2.24) is 19.5 Å². The largest absolute Gasteiger partial charge is 0.493 e. The Balaban J connectivity index is 1.59. The van der Waals surface area contributed by atoms with Gasteiger partial charge in [-0.15, -0.1) is 0 Å². The first-order valence-electron chi connectivity index (χ1n) is 11.7. The van der Waals surface area contributed by atoms with E-state index in [-0.39, 0.29) is 6.04 Å². The van der Waals surface area contributed by atoms with E-state index in [2.05, 4.69) is 57.9 Å². The van der Waals surface area contributed by atoms with E-state index < -0.39 is 0 Å². The number of methoxy groups -OCH3 is 3. The molecule has 1 aliphatic rings. The SMILES string of the molecule is COc1cc(Nc2nc(N3CCc4ccccc4C3)nc3c2ncn3C(C)C)cc(OC)c1OC. The number of nitrogens with one attached hydrogen (secondary N) is 1. The molecule has 0 amide bonds. The first kappa shape index (κ1) is 22.8. The number of imidazole rings is 1. The molecule has 2 aromatic carbocycles. The summed E-state index contributed by atoms with van der Waals surface area (Å²) in [7, 11) is 4.78. The number of hydrogen-bond donors (Lipinski definition) is 1. The van der Waals surface area contributed by atoms with Gasteiger partial charge in [-0.05, 0) is 31.4 Å². The van der Waals surface area contributed by atoms with Crippen LogP contribution in [0.4, 0.5) is 17.5 Å². The van der Waals surface area contributed by atoms with Gasteiger partial charge >= 0.3 is 0 Å². The van der Waals surface area contributed by atoms with Gasteiger partial charge in [-0.1, -0.05) is 24.3 Å². The molecule has 9 nitrogen and oxygen atoms in total. The third-order valence-electron chi connectivity index (χ3n) is 6.31. The fourth-order valence-corrected chi connectivity index (χ4v) is 4.47. The van der Waals surface area contributed by atoms with E-state index >= 15 is 0 Å². The Hall–Kier alpha value is -4.01. The third kappa shape index (κ3) is 4.18. The normalized spacial score (nSPS) is 13.1. The van der Waals surface area contributed by atoms with Crippen molar-refractivity contribution in [2.24, 2.45) is 0 Å². The summed E-state index contributed by atoms with van der Waals surface area (Å²) in [4.78, 5) is 16.8. The van der Waals surface area contributed by atoms with Crippen LogP contribution in [0.25, 0.3) is 11.2 Å². The zero-order chi connectivity index (χ0) is 24.5. The van der Waals surface area contributed by atoms with Gasteiger partial charge in [-0.25, -0.2) is 4.98 Å². The molecular formula is C26H30N6O3. The molecule has 9 heteroatoms. The van der Waals surface area contributed by atoms with Crippen LogP contribution >= 0.6 is 0 Å². The Morgan fingerprint density at radius 3 is 2.31 bits per heavy atom. The van der Waals surface area contributed by atoms with Gasteiger partial charge < -0.3 is 29.0 Å². The fraction of sp³-hybridized carbons (Fsp3) is 0.346. The summed E-state index contributed by atoms with van der Waals surface area (Å²) in [6.45, 7) is 5.85. The number of rotatable bonds is 7. The Bertz CT molecular complexity index is 1340. The number of fused-ring (bicyclic) bond motifs is 2. The van der Waals surface area contributed by atoms with Crippen molar-refractivity contribution >= 4 is 28.6 Å². The number of benzene rings is 2. The Kier molecular flexibility index (Phi) is 6.07. The molecule has 4 aromatic rings. The van der Waals surface area contributed by atoms with Crippen molar-refractivity contribution < 1.29 is 14.2 Å². The predicted molar refractivity (Wildman–Crippen MR) is 136 cm³/mol. The lowest BCUT2D eigenvalue weighted by molar-refractivity contribution is 0.324. The highest BCUT2D eigenvalue weighted by atomic mass is 16.5. The van der Waals surface area contributed by atoms with Gasteiger partial charge in [0.15, 0.2) is 28.5 Å². The molecule has 0 saturated heterocycles. The molecule has 2 aromatic heterocycles. The highest BCUT2D eigenvalue weighted by Gasteiger charge is 2.23. The van der Waals surface area contributed by atoms with Crippen LogP contribution in [0.5, 0.6) is 17.2 Å². The number of aromatic nitrogens is 4. The van der Waals surface area contributed by atoms with Gasteiger partial charge in [0.25, 0.3) is 0 Å². The standard InChI is InChI=1S/C26H30N6O3/c1-16(2)32-15-27-22-24(28-19-12-20(33-3)23(35-5)21(13-19)34-4)29-26(30-25(22)32)31-11-10-17-8-6-7-9-18(17)14-31/h6-9,12-13,15-16H,10-11,14H2,1-5H3,(H,28,29,30). The quantitative estimate of drug-likeness (QED) is 0.411. The van der Waals surface area contributed by atoms with E-state index in [1.54, 1.807) is 21.3 Å². The van der Waals surface area contributed by atoms with E-state index in [1.807, 2.05) is 18.5 Å². The number of anilines is 3. The monoisotopic (exact) mass is 474 g/mol. The van der Waals surface area contributed by atoms with Crippen molar-refractivity contribution in [3.8, 4) is 17.2 Å². The molecule has 0 radical (unpaired) electrons. The summed E-state index contributed by atoms with van der Waals surface area (Å²) in [6.07, 6.45) is 2.77. The maximum absolute atomic E-state index is 5.53. The third-order valence-corrected chi connectivity index (χ3v) is 6.31. The van der Waals surface area contributed by atoms with Crippen molar-refractivity contribution in [3.63, 3.8) is 0 Å². The van der Waals surface area contributed by atoms with Crippen LogP contribution in [0.15, 0.2) is 42.7 Å². The predicted octanol–water partition coefficient (Wildman–Crippen LogP) is 4.74. The molecule has 1 aliphatic heterocycles.